The summed E-state index contributed by atoms with van der Waals surface area (Å²) in [6, 6.07) is 14.4. The zero-order chi connectivity index (χ0) is 13.9. The lowest BCUT2D eigenvalue weighted by Gasteiger charge is -2.13. The monoisotopic (exact) mass is 287 g/mol. The van der Waals surface area contributed by atoms with Gasteiger partial charge in [0, 0.05) is 16.7 Å². The van der Waals surface area contributed by atoms with E-state index in [1.165, 1.54) is 10.8 Å². The minimum absolute atomic E-state index is 0.410. The number of nitrogens with one attached hydrogen (secondary N) is 1. The van der Waals surface area contributed by atoms with E-state index in [4.69, 9.17) is 0 Å². The van der Waals surface area contributed by atoms with Crippen molar-refractivity contribution in [1.82, 2.24) is 5.32 Å². The third-order valence-electron chi connectivity index (χ3n) is 3.45. The summed E-state index contributed by atoms with van der Waals surface area (Å²) in [4.78, 5) is 12.3. The number of hydrogen-bond donors (Lipinski definition) is 2. The first-order valence-corrected chi connectivity index (χ1v) is 7.81. The quantitative estimate of drug-likeness (QED) is 0.801. The van der Waals surface area contributed by atoms with Gasteiger partial charge in [-0.2, -0.15) is 0 Å². The minimum atomic E-state index is -0.759. The molecule has 0 aliphatic heterocycles. The zero-order valence-corrected chi connectivity index (χ0v) is 11.9. The van der Waals surface area contributed by atoms with Crippen LogP contribution < -0.4 is 5.32 Å². The Morgan fingerprint density at radius 2 is 2.00 bits per heavy atom. The highest BCUT2D eigenvalue weighted by molar-refractivity contribution is 7.99. The molecule has 0 bridgehead atoms. The lowest BCUT2D eigenvalue weighted by atomic mass is 10.1. The maximum atomic E-state index is 11.2. The van der Waals surface area contributed by atoms with E-state index >= 15 is 0 Å². The summed E-state index contributed by atoms with van der Waals surface area (Å²) < 4.78 is 0. The molecule has 0 spiro atoms. The van der Waals surface area contributed by atoms with Crippen LogP contribution in [0.3, 0.4) is 0 Å². The van der Waals surface area contributed by atoms with Crippen LogP contribution in [0.2, 0.25) is 0 Å². The number of fused-ring (bicyclic) bond motifs is 1. The Labute approximate surface area is 122 Å². The van der Waals surface area contributed by atoms with Crippen molar-refractivity contribution in [2.24, 2.45) is 0 Å². The maximum Gasteiger partial charge on any atom is 0.321 e. The van der Waals surface area contributed by atoms with E-state index in [1.54, 1.807) is 11.8 Å². The smallest absolute Gasteiger partial charge is 0.321 e. The molecular weight excluding hydrogens is 270 g/mol. The molecular formula is C16H17NO2S. The van der Waals surface area contributed by atoms with Gasteiger partial charge in [-0.05, 0) is 35.7 Å². The maximum absolute atomic E-state index is 11.2. The number of carboxylic acids is 1. The summed E-state index contributed by atoms with van der Waals surface area (Å²) in [5.41, 5.74) is 0. The third-order valence-corrected chi connectivity index (χ3v) is 4.54. The van der Waals surface area contributed by atoms with Crippen molar-refractivity contribution in [3.63, 3.8) is 0 Å². The van der Waals surface area contributed by atoms with Crippen molar-refractivity contribution >= 4 is 28.5 Å². The minimum Gasteiger partial charge on any atom is -0.480 e. The molecule has 0 amide bonds. The second-order valence-electron chi connectivity index (χ2n) is 5.15. The number of rotatable bonds is 6. The average molecular weight is 287 g/mol. The summed E-state index contributed by atoms with van der Waals surface area (Å²) in [6.07, 6.45) is 2.20. The molecule has 3 rings (SSSR count). The van der Waals surface area contributed by atoms with Crippen LogP contribution in [0.15, 0.2) is 47.4 Å². The first kappa shape index (κ1) is 13.5. The molecule has 0 heterocycles. The summed E-state index contributed by atoms with van der Waals surface area (Å²) >= 11 is 1.60. The van der Waals surface area contributed by atoms with Gasteiger partial charge in [0.1, 0.15) is 6.04 Å². The molecule has 1 saturated carbocycles. The fourth-order valence-corrected chi connectivity index (χ4v) is 3.13. The molecule has 1 fully saturated rings. The van der Waals surface area contributed by atoms with Crippen LogP contribution in [0.25, 0.3) is 10.8 Å². The van der Waals surface area contributed by atoms with Crippen LogP contribution in [0.5, 0.6) is 0 Å². The molecule has 1 atom stereocenters. The molecule has 2 aromatic carbocycles. The van der Waals surface area contributed by atoms with Gasteiger partial charge in [-0.1, -0.05) is 30.3 Å². The fourth-order valence-electron chi connectivity index (χ4n) is 2.16. The Hall–Kier alpha value is -1.52. The van der Waals surface area contributed by atoms with Crippen LogP contribution in [-0.2, 0) is 4.79 Å². The molecule has 104 valence electrons. The molecule has 0 radical (unpaired) electrons. The number of benzene rings is 2. The van der Waals surface area contributed by atoms with Gasteiger partial charge < -0.3 is 10.4 Å². The zero-order valence-electron chi connectivity index (χ0n) is 11.1. The van der Waals surface area contributed by atoms with Gasteiger partial charge in [-0.3, -0.25) is 4.79 Å². The number of carboxylic acid groups (broad SMARTS) is 1. The normalized spacial score (nSPS) is 16.2. The van der Waals surface area contributed by atoms with Gasteiger partial charge in [0.15, 0.2) is 0 Å². The number of thioether (sulfide) groups is 1. The summed E-state index contributed by atoms with van der Waals surface area (Å²) in [7, 11) is 0. The standard InChI is InChI=1S/C16H17NO2S/c18-16(19)15(17-13-6-7-13)10-20-14-8-5-11-3-1-2-4-12(11)9-14/h1-5,8-9,13,15,17H,6-7,10H2,(H,18,19). The van der Waals surface area contributed by atoms with Gasteiger partial charge in [0.05, 0.1) is 0 Å². The predicted molar refractivity (Wildman–Crippen MR) is 82.3 cm³/mol. The Morgan fingerprint density at radius 1 is 1.25 bits per heavy atom. The van der Waals surface area contributed by atoms with Crippen LogP contribution in [0.1, 0.15) is 12.8 Å². The average Bonchev–Trinajstić information content (AvgIpc) is 3.27. The number of hydrogen-bond acceptors (Lipinski definition) is 3. The van der Waals surface area contributed by atoms with Gasteiger partial charge in [0.2, 0.25) is 0 Å². The highest BCUT2D eigenvalue weighted by Crippen LogP contribution is 2.25. The Balaban J connectivity index is 1.66. The Bertz CT molecular complexity index is 625. The highest BCUT2D eigenvalue weighted by atomic mass is 32.2. The summed E-state index contributed by atoms with van der Waals surface area (Å²) in [6.45, 7) is 0. The molecule has 1 unspecified atom stereocenters. The molecule has 1 aliphatic rings. The first-order chi connectivity index (χ1) is 9.72. The molecule has 2 aromatic rings. The SMILES string of the molecule is O=C(O)C(CSc1ccc2ccccc2c1)NC1CC1. The van der Waals surface area contributed by atoms with Crippen molar-refractivity contribution in [3.05, 3.63) is 42.5 Å². The van der Waals surface area contributed by atoms with E-state index < -0.39 is 12.0 Å². The number of aliphatic carboxylic acids is 1. The van der Waals surface area contributed by atoms with E-state index in [-0.39, 0.29) is 0 Å². The van der Waals surface area contributed by atoms with Gasteiger partial charge >= 0.3 is 5.97 Å². The Kier molecular flexibility index (Phi) is 3.94. The summed E-state index contributed by atoms with van der Waals surface area (Å²) in [5, 5.41) is 14.8. The molecule has 0 saturated heterocycles. The van der Waals surface area contributed by atoms with E-state index in [0.717, 1.165) is 17.7 Å². The largest absolute Gasteiger partial charge is 0.480 e. The van der Waals surface area contributed by atoms with Crippen LogP contribution in [0.4, 0.5) is 0 Å². The van der Waals surface area contributed by atoms with Crippen LogP contribution in [0, 0.1) is 0 Å². The second-order valence-corrected chi connectivity index (χ2v) is 6.25. The van der Waals surface area contributed by atoms with Crippen molar-refractivity contribution in [1.29, 1.82) is 0 Å². The van der Waals surface area contributed by atoms with Gasteiger partial charge in [-0.15, -0.1) is 11.8 Å². The molecule has 3 nitrogen and oxygen atoms in total. The number of carbonyl (C=O) groups is 1. The fraction of sp³-hybridized carbons (Fsp3) is 0.312. The Morgan fingerprint density at radius 3 is 2.70 bits per heavy atom. The topological polar surface area (TPSA) is 49.3 Å². The van der Waals surface area contributed by atoms with Gasteiger partial charge in [-0.25, -0.2) is 0 Å². The molecule has 4 heteroatoms. The lowest BCUT2D eigenvalue weighted by Crippen LogP contribution is -2.40. The van der Waals surface area contributed by atoms with E-state index in [2.05, 4.69) is 35.6 Å². The molecule has 2 N–H and O–H groups in total. The summed E-state index contributed by atoms with van der Waals surface area (Å²) in [5.74, 6) is -0.199. The lowest BCUT2D eigenvalue weighted by molar-refractivity contribution is -0.138. The predicted octanol–water partition coefficient (Wildman–Crippen LogP) is 3.14. The molecule has 0 aromatic heterocycles. The second kappa shape index (κ2) is 5.85. The van der Waals surface area contributed by atoms with Crippen molar-refractivity contribution in [2.45, 2.75) is 29.8 Å². The van der Waals surface area contributed by atoms with Crippen LogP contribution >= 0.6 is 11.8 Å². The van der Waals surface area contributed by atoms with E-state index in [1.807, 2.05) is 12.1 Å². The highest BCUT2D eigenvalue weighted by Gasteiger charge is 2.28. The van der Waals surface area contributed by atoms with Crippen LogP contribution in [-0.4, -0.2) is 28.9 Å². The van der Waals surface area contributed by atoms with Crippen molar-refractivity contribution in [2.75, 3.05) is 5.75 Å². The van der Waals surface area contributed by atoms with E-state index in [0.29, 0.717) is 11.8 Å². The molecule has 20 heavy (non-hydrogen) atoms. The third kappa shape index (κ3) is 3.32. The van der Waals surface area contributed by atoms with Crippen molar-refractivity contribution < 1.29 is 9.90 Å². The van der Waals surface area contributed by atoms with Crippen molar-refractivity contribution in [3.8, 4) is 0 Å². The molecule has 1 aliphatic carbocycles. The first-order valence-electron chi connectivity index (χ1n) is 6.83. The van der Waals surface area contributed by atoms with Gasteiger partial charge in [0.25, 0.3) is 0 Å². The van der Waals surface area contributed by atoms with E-state index in [9.17, 15) is 9.90 Å².